The van der Waals surface area contributed by atoms with E-state index in [-0.39, 0.29) is 5.56 Å². The third kappa shape index (κ3) is 5.51. The van der Waals surface area contributed by atoms with Gasteiger partial charge < -0.3 is 20.9 Å². The number of nitrogens with two attached hydrogens (primary N) is 2. The maximum absolute atomic E-state index is 11.1. The van der Waals surface area contributed by atoms with Crippen LogP contribution in [0.1, 0.15) is 20.7 Å². The van der Waals surface area contributed by atoms with Gasteiger partial charge in [0.25, 0.3) is 0 Å². The van der Waals surface area contributed by atoms with Gasteiger partial charge in [0.2, 0.25) is 0 Å². The average Bonchev–Trinajstić information content (AvgIpc) is 2.63. The van der Waals surface area contributed by atoms with Crippen molar-refractivity contribution in [1.29, 1.82) is 0 Å². The molecule has 0 saturated carbocycles. The second-order valence-corrected chi connectivity index (χ2v) is 5.51. The Morgan fingerprint density at radius 3 is 1.92 bits per heavy atom. The van der Waals surface area contributed by atoms with Crippen molar-refractivity contribution in [2.24, 2.45) is 0 Å². The summed E-state index contributed by atoms with van der Waals surface area (Å²) in [6.45, 7) is 6.74. The number of carbonyl (C=O) groups is 2. The summed E-state index contributed by atoms with van der Waals surface area (Å²) in [6.07, 6.45) is 0. The Morgan fingerprint density at radius 1 is 0.960 bits per heavy atom. The molecule has 0 aliphatic rings. The first-order valence-corrected chi connectivity index (χ1v) is 7.62. The van der Waals surface area contributed by atoms with Crippen molar-refractivity contribution in [2.45, 2.75) is 0 Å². The van der Waals surface area contributed by atoms with Crippen LogP contribution in [0.25, 0.3) is 4.85 Å². The van der Waals surface area contributed by atoms with Crippen molar-refractivity contribution >= 4 is 44.9 Å². The number of ether oxygens (including phenoxy) is 2. The summed E-state index contributed by atoms with van der Waals surface area (Å²) >= 11 is 3.23. The van der Waals surface area contributed by atoms with Crippen LogP contribution in [0.2, 0.25) is 0 Å². The Kier molecular flexibility index (Phi) is 7.43. The van der Waals surface area contributed by atoms with E-state index in [1.807, 2.05) is 0 Å². The fourth-order valence-electron chi connectivity index (χ4n) is 1.72. The first-order valence-electron chi connectivity index (χ1n) is 6.82. The second kappa shape index (κ2) is 9.30. The number of benzene rings is 2. The summed E-state index contributed by atoms with van der Waals surface area (Å²) in [5.74, 6) is -0.947. The van der Waals surface area contributed by atoms with Gasteiger partial charge in [-0.2, -0.15) is 0 Å². The highest BCUT2D eigenvalue weighted by atomic mass is 79.9. The van der Waals surface area contributed by atoms with Crippen molar-refractivity contribution < 1.29 is 19.1 Å². The van der Waals surface area contributed by atoms with Crippen LogP contribution in [0.3, 0.4) is 0 Å². The molecule has 0 unspecified atom stereocenters. The van der Waals surface area contributed by atoms with E-state index in [2.05, 4.69) is 30.2 Å². The number of hydrogen-bond acceptors (Lipinski definition) is 6. The molecule has 0 aliphatic carbocycles. The molecule has 0 saturated heterocycles. The van der Waals surface area contributed by atoms with Gasteiger partial charge in [-0.25, -0.2) is 14.4 Å². The molecule has 2 aromatic carbocycles. The zero-order valence-corrected chi connectivity index (χ0v) is 15.2. The number of anilines is 2. The molecule has 25 heavy (non-hydrogen) atoms. The highest BCUT2D eigenvalue weighted by molar-refractivity contribution is 9.10. The van der Waals surface area contributed by atoms with E-state index in [0.29, 0.717) is 22.6 Å². The molecule has 2 rings (SSSR count). The Labute approximate surface area is 153 Å². The summed E-state index contributed by atoms with van der Waals surface area (Å²) in [5, 5.41) is 0. The fraction of sp³-hybridized carbons (Fsp3) is 0.118. The van der Waals surface area contributed by atoms with E-state index < -0.39 is 11.9 Å². The van der Waals surface area contributed by atoms with Crippen LogP contribution < -0.4 is 11.5 Å². The molecular formula is C17H16BrN3O4. The summed E-state index contributed by atoms with van der Waals surface area (Å²) in [7, 11) is 2.59. The number of methoxy groups -OCH3 is 2. The normalized spacial score (nSPS) is 9.20. The fourth-order valence-corrected chi connectivity index (χ4v) is 2.08. The molecular weight excluding hydrogens is 390 g/mol. The van der Waals surface area contributed by atoms with Crippen LogP contribution in [0, 0.1) is 6.57 Å². The highest BCUT2D eigenvalue weighted by Gasteiger charge is 2.10. The Morgan fingerprint density at radius 2 is 1.44 bits per heavy atom. The lowest BCUT2D eigenvalue weighted by Crippen LogP contribution is -2.05. The molecule has 0 atom stereocenters. The molecule has 0 aliphatic heterocycles. The molecule has 2 aromatic rings. The molecule has 7 nitrogen and oxygen atoms in total. The van der Waals surface area contributed by atoms with Gasteiger partial charge in [-0.15, -0.1) is 0 Å². The van der Waals surface area contributed by atoms with Gasteiger partial charge in [-0.3, -0.25) is 0 Å². The van der Waals surface area contributed by atoms with Crippen LogP contribution in [-0.4, -0.2) is 26.2 Å². The zero-order valence-electron chi connectivity index (χ0n) is 13.6. The van der Waals surface area contributed by atoms with Crippen LogP contribution in [0.5, 0.6) is 0 Å². The van der Waals surface area contributed by atoms with Gasteiger partial charge in [-0.1, -0.05) is 22.0 Å². The number of carbonyl (C=O) groups excluding carboxylic acids is 2. The summed E-state index contributed by atoms with van der Waals surface area (Å²) in [4.78, 5) is 25.3. The molecule has 8 heteroatoms. The predicted molar refractivity (Wildman–Crippen MR) is 98.3 cm³/mol. The number of esters is 2. The van der Waals surface area contributed by atoms with Crippen LogP contribution in [0.4, 0.5) is 17.1 Å². The van der Waals surface area contributed by atoms with Gasteiger partial charge in [0.15, 0.2) is 5.69 Å². The van der Waals surface area contributed by atoms with Gasteiger partial charge in [0, 0.05) is 15.8 Å². The topological polar surface area (TPSA) is 109 Å². The van der Waals surface area contributed by atoms with Crippen molar-refractivity contribution in [3.63, 3.8) is 0 Å². The van der Waals surface area contributed by atoms with Gasteiger partial charge in [0.05, 0.1) is 31.9 Å². The van der Waals surface area contributed by atoms with Crippen molar-refractivity contribution in [1.82, 2.24) is 0 Å². The van der Waals surface area contributed by atoms with Crippen LogP contribution in [0.15, 0.2) is 40.9 Å². The Hall–Kier alpha value is -3.05. The quantitative estimate of drug-likeness (QED) is 0.449. The summed E-state index contributed by atoms with van der Waals surface area (Å²) < 4.78 is 9.83. The van der Waals surface area contributed by atoms with Crippen molar-refractivity contribution in [2.75, 3.05) is 25.7 Å². The molecule has 0 heterocycles. The number of rotatable bonds is 2. The highest BCUT2D eigenvalue weighted by Crippen LogP contribution is 2.20. The minimum absolute atomic E-state index is 0.232. The van der Waals surface area contributed by atoms with E-state index in [0.717, 1.165) is 4.47 Å². The van der Waals surface area contributed by atoms with Crippen LogP contribution >= 0.6 is 15.9 Å². The third-order valence-electron chi connectivity index (χ3n) is 2.99. The molecule has 4 N–H and O–H groups in total. The van der Waals surface area contributed by atoms with E-state index >= 15 is 0 Å². The van der Waals surface area contributed by atoms with Crippen molar-refractivity contribution in [3.05, 3.63) is 63.4 Å². The second-order valence-electron chi connectivity index (χ2n) is 4.60. The maximum Gasteiger partial charge on any atom is 0.339 e. The molecule has 0 bridgehead atoms. The molecule has 130 valence electrons. The predicted octanol–water partition coefficient (Wildman–Crippen LogP) is 3.42. The Balaban J connectivity index is 0.000000251. The van der Waals surface area contributed by atoms with Gasteiger partial charge in [-0.05, 0) is 30.3 Å². The lowest BCUT2D eigenvalue weighted by Gasteiger charge is -2.02. The number of hydrogen-bond donors (Lipinski definition) is 2. The molecule has 0 radical (unpaired) electrons. The molecule has 0 spiro atoms. The summed E-state index contributed by atoms with van der Waals surface area (Å²) in [5.41, 5.74) is 12.8. The lowest BCUT2D eigenvalue weighted by molar-refractivity contribution is 0.0593. The van der Waals surface area contributed by atoms with E-state index in [1.54, 1.807) is 24.3 Å². The minimum Gasteiger partial charge on any atom is -0.465 e. The number of nitrogens with zero attached hydrogens (tertiary/aromatic N) is 1. The van der Waals surface area contributed by atoms with Crippen molar-refractivity contribution in [3.8, 4) is 0 Å². The zero-order chi connectivity index (χ0) is 19.0. The van der Waals surface area contributed by atoms with E-state index in [4.69, 9.17) is 18.0 Å². The lowest BCUT2D eigenvalue weighted by atomic mass is 10.1. The number of nitrogen functional groups attached to an aromatic ring is 2. The standard InChI is InChI=1S/C9H8N2O2.C8H8BrNO2/c1-11-6-3-4-8(10)7(5-6)9(12)13-2;1-12-8(11)6-4-5(9)2-3-7(6)10/h3-5H,10H2,2H3;2-4H,10H2,1H3. The van der Waals surface area contributed by atoms with E-state index in [9.17, 15) is 9.59 Å². The third-order valence-corrected chi connectivity index (χ3v) is 3.49. The molecule has 0 amide bonds. The Bertz CT molecular complexity index is 831. The van der Waals surface area contributed by atoms with Gasteiger partial charge >= 0.3 is 11.9 Å². The smallest absolute Gasteiger partial charge is 0.339 e. The summed E-state index contributed by atoms with van der Waals surface area (Å²) in [6, 6.07) is 9.52. The van der Waals surface area contributed by atoms with Gasteiger partial charge in [0.1, 0.15) is 0 Å². The molecule has 0 fully saturated rings. The monoisotopic (exact) mass is 405 g/mol. The SMILES string of the molecule is COC(=O)c1cc(Br)ccc1N.[C-]#[N+]c1ccc(N)c(C(=O)OC)c1. The first-order chi connectivity index (χ1) is 11.8. The van der Waals surface area contributed by atoms with Crippen LogP contribution in [-0.2, 0) is 9.47 Å². The maximum atomic E-state index is 11.1. The van der Waals surface area contributed by atoms with E-state index in [1.165, 1.54) is 26.4 Å². The molecule has 0 aromatic heterocycles. The largest absolute Gasteiger partial charge is 0.465 e. The average molecular weight is 406 g/mol. The number of halogens is 1. The first kappa shape index (κ1) is 20.0. The minimum atomic E-state index is -0.525.